The lowest BCUT2D eigenvalue weighted by molar-refractivity contribution is -0.109. The van der Waals surface area contributed by atoms with Crippen LogP contribution in [-0.4, -0.2) is 11.0 Å². The van der Waals surface area contributed by atoms with Crippen molar-refractivity contribution in [2.24, 2.45) is 5.10 Å². The highest BCUT2D eigenvalue weighted by atomic mass is 32.1. The molecule has 27 heavy (non-hydrogen) atoms. The molecule has 4 nitrogen and oxygen atoms in total. The Balaban J connectivity index is 2.09. The van der Waals surface area contributed by atoms with Gasteiger partial charge in [-0.25, -0.2) is 5.43 Å². The molecule has 5 heteroatoms. The number of rotatable bonds is 5. The van der Waals surface area contributed by atoms with E-state index in [0.29, 0.717) is 11.2 Å². The van der Waals surface area contributed by atoms with Gasteiger partial charge in [-0.15, -0.1) is 5.10 Å². The molecule has 0 spiro atoms. The average Bonchev–Trinajstić information content (AvgIpc) is 3.13. The molecule has 0 radical (unpaired) electrons. The predicted octanol–water partition coefficient (Wildman–Crippen LogP) is 4.43. The topological polar surface area (TPSA) is 46.4 Å². The van der Waals surface area contributed by atoms with E-state index in [-0.39, 0.29) is 0 Å². The molecular formula is C22H17N3OS. The zero-order valence-corrected chi connectivity index (χ0v) is 15.3. The van der Waals surface area contributed by atoms with Gasteiger partial charge in [0.05, 0.1) is 10.6 Å². The third-order valence-electron chi connectivity index (χ3n) is 4.13. The third kappa shape index (κ3) is 3.45. The molecule has 0 bridgehead atoms. The van der Waals surface area contributed by atoms with E-state index in [1.54, 1.807) is 11.3 Å². The van der Waals surface area contributed by atoms with Gasteiger partial charge in [0.1, 0.15) is 0 Å². The number of benzene rings is 3. The summed E-state index contributed by atoms with van der Waals surface area (Å²) in [6, 6.07) is 30.5. The summed E-state index contributed by atoms with van der Waals surface area (Å²) in [6.45, 7) is 0. The molecule has 0 fully saturated rings. The van der Waals surface area contributed by atoms with Crippen molar-refractivity contribution in [3.63, 3.8) is 0 Å². The minimum Gasteiger partial charge on any atom is -0.283 e. The maximum absolute atomic E-state index is 10.8. The first kappa shape index (κ1) is 17.0. The summed E-state index contributed by atoms with van der Waals surface area (Å²) in [6.07, 6.45) is 0.583. The van der Waals surface area contributed by atoms with Crippen LogP contribution in [0.1, 0.15) is 0 Å². The molecule has 0 saturated carbocycles. The lowest BCUT2D eigenvalue weighted by Gasteiger charge is -2.11. The second-order valence-corrected chi connectivity index (χ2v) is 6.80. The molecule has 132 valence electrons. The fourth-order valence-electron chi connectivity index (χ4n) is 2.99. The molecule has 0 aliphatic heterocycles. The molecule has 4 rings (SSSR count). The standard InChI is InChI=1S/C22H17N3OS/c26-16-23-24-22-25(19-14-8-3-9-15-19)20(17-10-4-1-5-11-17)21(27-22)18-12-6-2-7-13-18/h1-16H,(H,23,26). The average molecular weight is 371 g/mol. The second-order valence-electron chi connectivity index (χ2n) is 5.82. The summed E-state index contributed by atoms with van der Waals surface area (Å²) >= 11 is 1.54. The molecule has 1 aromatic heterocycles. The number of para-hydroxylation sites is 1. The number of hydrogen-bond donors (Lipinski definition) is 1. The van der Waals surface area contributed by atoms with Gasteiger partial charge in [0.25, 0.3) is 0 Å². The highest BCUT2D eigenvalue weighted by Gasteiger charge is 2.18. The summed E-state index contributed by atoms with van der Waals surface area (Å²) < 4.78 is 2.08. The van der Waals surface area contributed by atoms with Crippen molar-refractivity contribution in [2.75, 3.05) is 0 Å². The Morgan fingerprint density at radius 3 is 1.93 bits per heavy atom. The molecular weight excluding hydrogens is 354 g/mol. The van der Waals surface area contributed by atoms with E-state index < -0.39 is 0 Å². The van der Waals surface area contributed by atoms with Crippen LogP contribution in [0.5, 0.6) is 0 Å². The van der Waals surface area contributed by atoms with E-state index >= 15 is 0 Å². The van der Waals surface area contributed by atoms with Crippen molar-refractivity contribution in [1.29, 1.82) is 0 Å². The van der Waals surface area contributed by atoms with Gasteiger partial charge in [-0.1, -0.05) is 90.2 Å². The van der Waals surface area contributed by atoms with Crippen molar-refractivity contribution in [3.8, 4) is 27.4 Å². The van der Waals surface area contributed by atoms with E-state index in [2.05, 4.69) is 39.4 Å². The number of nitrogens with one attached hydrogen (secondary N) is 1. The first-order valence-corrected chi connectivity index (χ1v) is 9.35. The van der Waals surface area contributed by atoms with Gasteiger partial charge in [0.2, 0.25) is 11.2 Å². The zero-order chi connectivity index (χ0) is 18.5. The van der Waals surface area contributed by atoms with E-state index in [0.717, 1.165) is 27.4 Å². The van der Waals surface area contributed by atoms with Gasteiger partial charge in [-0.3, -0.25) is 9.36 Å². The number of nitrogens with zero attached hydrogens (tertiary/aromatic N) is 2. The van der Waals surface area contributed by atoms with E-state index in [1.165, 1.54) is 0 Å². The van der Waals surface area contributed by atoms with Crippen molar-refractivity contribution in [3.05, 3.63) is 95.8 Å². The van der Waals surface area contributed by atoms with E-state index in [1.807, 2.05) is 66.7 Å². The van der Waals surface area contributed by atoms with Crippen LogP contribution in [0.15, 0.2) is 96.1 Å². The number of aromatic nitrogens is 1. The Morgan fingerprint density at radius 1 is 0.778 bits per heavy atom. The quantitative estimate of drug-likeness (QED) is 0.409. The van der Waals surface area contributed by atoms with Crippen molar-refractivity contribution < 1.29 is 4.79 Å². The maximum Gasteiger partial charge on any atom is 0.227 e. The molecule has 0 aliphatic carbocycles. The van der Waals surface area contributed by atoms with Crippen LogP contribution in [0, 0.1) is 0 Å². The molecule has 0 atom stereocenters. The van der Waals surface area contributed by atoms with Crippen LogP contribution in [0.3, 0.4) is 0 Å². The van der Waals surface area contributed by atoms with Gasteiger partial charge < -0.3 is 0 Å². The lowest BCUT2D eigenvalue weighted by atomic mass is 10.1. The number of thiazole rings is 1. The van der Waals surface area contributed by atoms with Crippen LogP contribution in [-0.2, 0) is 4.79 Å². The van der Waals surface area contributed by atoms with Crippen LogP contribution in [0.2, 0.25) is 0 Å². The number of amides is 1. The number of carbonyl (C=O) groups excluding carboxylic acids is 1. The first-order chi connectivity index (χ1) is 13.4. The molecule has 0 saturated heterocycles. The van der Waals surface area contributed by atoms with Crippen LogP contribution in [0.4, 0.5) is 0 Å². The van der Waals surface area contributed by atoms with Crippen molar-refractivity contribution >= 4 is 17.7 Å². The molecule has 3 aromatic carbocycles. The van der Waals surface area contributed by atoms with Gasteiger partial charge >= 0.3 is 0 Å². The van der Waals surface area contributed by atoms with Crippen molar-refractivity contribution in [1.82, 2.24) is 9.99 Å². The largest absolute Gasteiger partial charge is 0.283 e. The van der Waals surface area contributed by atoms with Crippen molar-refractivity contribution in [2.45, 2.75) is 0 Å². The minimum atomic E-state index is 0.583. The molecule has 0 unspecified atom stereocenters. The van der Waals surface area contributed by atoms with Gasteiger partial charge in [-0.05, 0) is 17.7 Å². The number of carbonyl (C=O) groups is 1. The highest BCUT2D eigenvalue weighted by Crippen LogP contribution is 2.36. The van der Waals surface area contributed by atoms with Gasteiger partial charge in [0.15, 0.2) is 0 Å². The summed E-state index contributed by atoms with van der Waals surface area (Å²) in [5.41, 5.74) is 6.68. The third-order valence-corrected chi connectivity index (χ3v) is 5.22. The minimum absolute atomic E-state index is 0.583. The van der Waals surface area contributed by atoms with Gasteiger partial charge in [-0.2, -0.15) is 0 Å². The zero-order valence-electron chi connectivity index (χ0n) is 14.4. The lowest BCUT2D eigenvalue weighted by Crippen LogP contribution is -2.18. The Hall–Kier alpha value is -3.44. The summed E-state index contributed by atoms with van der Waals surface area (Å²) in [4.78, 5) is 12.6. The smallest absolute Gasteiger partial charge is 0.227 e. The molecule has 1 N–H and O–H groups in total. The van der Waals surface area contributed by atoms with E-state index in [4.69, 9.17) is 0 Å². The Kier molecular flexibility index (Phi) is 4.94. The van der Waals surface area contributed by atoms with Crippen LogP contribution in [0.25, 0.3) is 27.4 Å². The summed E-state index contributed by atoms with van der Waals surface area (Å²) in [7, 11) is 0. The van der Waals surface area contributed by atoms with Gasteiger partial charge in [0, 0.05) is 11.3 Å². The normalized spacial score (nSPS) is 11.3. The number of hydrogen-bond acceptors (Lipinski definition) is 3. The summed E-state index contributed by atoms with van der Waals surface area (Å²) in [5.74, 6) is 0. The Bertz CT molecular complexity index is 1100. The second kappa shape index (κ2) is 7.85. The van der Waals surface area contributed by atoms with Crippen LogP contribution >= 0.6 is 11.3 Å². The first-order valence-electron chi connectivity index (χ1n) is 8.53. The van der Waals surface area contributed by atoms with Crippen LogP contribution < -0.4 is 10.2 Å². The Labute approximate surface area is 161 Å². The molecule has 1 amide bonds. The highest BCUT2D eigenvalue weighted by molar-refractivity contribution is 7.13. The SMILES string of the molecule is O=CNN=c1sc(-c2ccccc2)c(-c2ccccc2)n1-c1ccccc1. The molecule has 4 aromatic rings. The maximum atomic E-state index is 10.8. The molecule has 0 aliphatic rings. The fraction of sp³-hybridized carbons (Fsp3) is 0. The Morgan fingerprint density at radius 2 is 1.33 bits per heavy atom. The molecule has 1 heterocycles. The fourth-order valence-corrected chi connectivity index (χ4v) is 4.12. The predicted molar refractivity (Wildman–Crippen MR) is 109 cm³/mol. The summed E-state index contributed by atoms with van der Waals surface area (Å²) in [5, 5.41) is 4.30. The van der Waals surface area contributed by atoms with E-state index in [9.17, 15) is 4.79 Å². The monoisotopic (exact) mass is 371 g/mol.